The standard InChI is InChI=1S/C10H16O9/c11-4(12)2-1-3-18-10-7(15)5(13)6(14)8(19-10)9(16)17/h5-8,10,13-15H,1-3H2,(H,11,12)(H,16,17)/t5-,6-,7+,8-,10+/m0/s1. The molecular formula is C10H16O9. The zero-order valence-electron chi connectivity index (χ0n) is 9.88. The number of aliphatic hydroxyl groups is 3. The topological polar surface area (TPSA) is 154 Å². The Kier molecular flexibility index (Phi) is 5.63. The Morgan fingerprint density at radius 3 is 2.21 bits per heavy atom. The molecule has 0 bridgehead atoms. The number of hydrogen-bond acceptors (Lipinski definition) is 7. The summed E-state index contributed by atoms with van der Waals surface area (Å²) in [5, 5.41) is 45.6. The van der Waals surface area contributed by atoms with Crippen LogP contribution in [0.3, 0.4) is 0 Å². The van der Waals surface area contributed by atoms with E-state index in [2.05, 4.69) is 0 Å². The molecule has 1 saturated heterocycles. The van der Waals surface area contributed by atoms with Gasteiger partial charge in [-0.3, -0.25) is 4.79 Å². The molecule has 0 saturated carbocycles. The minimum Gasteiger partial charge on any atom is -0.481 e. The third-order valence-electron chi connectivity index (χ3n) is 2.63. The van der Waals surface area contributed by atoms with E-state index in [-0.39, 0.29) is 19.4 Å². The average Bonchev–Trinajstić information content (AvgIpc) is 2.33. The van der Waals surface area contributed by atoms with Gasteiger partial charge in [-0.15, -0.1) is 0 Å². The van der Waals surface area contributed by atoms with Gasteiger partial charge in [-0.25, -0.2) is 4.79 Å². The molecule has 5 N–H and O–H groups in total. The van der Waals surface area contributed by atoms with E-state index in [0.29, 0.717) is 0 Å². The molecule has 0 radical (unpaired) electrons. The largest absolute Gasteiger partial charge is 0.481 e. The quantitative estimate of drug-likeness (QED) is 0.340. The second-order valence-electron chi connectivity index (χ2n) is 4.10. The van der Waals surface area contributed by atoms with Crippen molar-refractivity contribution >= 4 is 11.9 Å². The SMILES string of the molecule is O=C(O)CCCO[C@@H]1O[C@H](C(=O)O)[C@@H](O)[C@H](O)[C@H]1O. The van der Waals surface area contributed by atoms with Crippen molar-refractivity contribution in [1.29, 1.82) is 0 Å². The van der Waals surface area contributed by atoms with Crippen LogP contribution in [0, 0.1) is 0 Å². The minimum absolute atomic E-state index is 0.0941. The summed E-state index contributed by atoms with van der Waals surface area (Å²) < 4.78 is 9.80. The minimum atomic E-state index is -1.77. The first-order chi connectivity index (χ1) is 8.84. The van der Waals surface area contributed by atoms with Crippen LogP contribution in [0.25, 0.3) is 0 Å². The van der Waals surface area contributed by atoms with Gasteiger partial charge in [0.05, 0.1) is 6.61 Å². The first kappa shape index (κ1) is 15.8. The fraction of sp³-hybridized carbons (Fsp3) is 0.800. The predicted molar refractivity (Wildman–Crippen MR) is 57.1 cm³/mol. The Labute approximate surface area is 108 Å². The van der Waals surface area contributed by atoms with E-state index in [1.165, 1.54) is 0 Å². The van der Waals surface area contributed by atoms with Crippen molar-refractivity contribution in [1.82, 2.24) is 0 Å². The van der Waals surface area contributed by atoms with E-state index in [9.17, 15) is 24.9 Å². The first-order valence-corrected chi connectivity index (χ1v) is 5.60. The number of hydrogen-bond donors (Lipinski definition) is 5. The van der Waals surface area contributed by atoms with Crippen molar-refractivity contribution in [2.24, 2.45) is 0 Å². The molecule has 0 aromatic carbocycles. The third-order valence-corrected chi connectivity index (χ3v) is 2.63. The van der Waals surface area contributed by atoms with Crippen LogP contribution in [0.1, 0.15) is 12.8 Å². The summed E-state index contributed by atoms with van der Waals surface area (Å²) in [6, 6.07) is 0. The molecule has 0 aromatic rings. The number of rotatable bonds is 6. The molecule has 1 rings (SSSR count). The van der Waals surface area contributed by atoms with Crippen molar-refractivity contribution in [3.05, 3.63) is 0 Å². The molecule has 1 heterocycles. The summed E-state index contributed by atoms with van der Waals surface area (Å²) in [4.78, 5) is 21.0. The van der Waals surface area contributed by atoms with Crippen LogP contribution in [0.15, 0.2) is 0 Å². The van der Waals surface area contributed by atoms with Crippen molar-refractivity contribution in [2.45, 2.75) is 43.5 Å². The number of ether oxygens (including phenoxy) is 2. The lowest BCUT2D eigenvalue weighted by molar-refractivity contribution is -0.294. The molecule has 1 aliphatic heterocycles. The first-order valence-electron chi connectivity index (χ1n) is 5.60. The van der Waals surface area contributed by atoms with Gasteiger partial charge >= 0.3 is 11.9 Å². The molecule has 0 aromatic heterocycles. The fourth-order valence-electron chi connectivity index (χ4n) is 1.61. The van der Waals surface area contributed by atoms with Crippen LogP contribution >= 0.6 is 0 Å². The fourth-order valence-corrected chi connectivity index (χ4v) is 1.61. The monoisotopic (exact) mass is 280 g/mol. The summed E-state index contributed by atoms with van der Waals surface area (Å²) in [6.45, 7) is -0.0941. The number of carboxylic acid groups (broad SMARTS) is 2. The van der Waals surface area contributed by atoms with Gasteiger partial charge in [0, 0.05) is 6.42 Å². The van der Waals surface area contributed by atoms with Gasteiger partial charge in [0.1, 0.15) is 18.3 Å². The highest BCUT2D eigenvalue weighted by Crippen LogP contribution is 2.22. The van der Waals surface area contributed by atoms with Crippen LogP contribution in [0.4, 0.5) is 0 Å². The second-order valence-corrected chi connectivity index (χ2v) is 4.10. The van der Waals surface area contributed by atoms with Crippen LogP contribution < -0.4 is 0 Å². The maximum Gasteiger partial charge on any atom is 0.335 e. The summed E-state index contributed by atoms with van der Waals surface area (Å²) in [6.07, 6.45) is -8.29. The Morgan fingerprint density at radius 2 is 1.68 bits per heavy atom. The summed E-state index contributed by atoms with van der Waals surface area (Å²) in [5.41, 5.74) is 0. The highest BCUT2D eigenvalue weighted by atomic mass is 16.7. The van der Waals surface area contributed by atoms with Gasteiger partial charge in [-0.1, -0.05) is 0 Å². The van der Waals surface area contributed by atoms with E-state index in [4.69, 9.17) is 19.7 Å². The normalized spacial score (nSPS) is 35.0. The third kappa shape index (κ3) is 4.11. The van der Waals surface area contributed by atoms with Crippen LogP contribution in [0.2, 0.25) is 0 Å². The summed E-state index contributed by atoms with van der Waals surface area (Å²) in [7, 11) is 0. The predicted octanol–water partition coefficient (Wildman–Crippen LogP) is -2.24. The Bertz CT molecular complexity index is 331. The Balaban J connectivity index is 2.52. The van der Waals surface area contributed by atoms with E-state index in [1.807, 2.05) is 0 Å². The van der Waals surface area contributed by atoms with Crippen molar-refractivity contribution in [2.75, 3.05) is 6.61 Å². The number of carboxylic acids is 2. The van der Waals surface area contributed by atoms with Gasteiger partial charge in [0.25, 0.3) is 0 Å². The van der Waals surface area contributed by atoms with Crippen molar-refractivity contribution in [3.63, 3.8) is 0 Å². The molecule has 1 aliphatic rings. The van der Waals surface area contributed by atoms with Gasteiger partial charge in [0.15, 0.2) is 12.4 Å². The van der Waals surface area contributed by atoms with Gasteiger partial charge in [0.2, 0.25) is 0 Å². The highest BCUT2D eigenvalue weighted by molar-refractivity contribution is 5.73. The lowest BCUT2D eigenvalue weighted by Crippen LogP contribution is -2.60. The van der Waals surface area contributed by atoms with Gasteiger partial charge in [-0.2, -0.15) is 0 Å². The van der Waals surface area contributed by atoms with Crippen LogP contribution in [0.5, 0.6) is 0 Å². The molecule has 9 nitrogen and oxygen atoms in total. The number of aliphatic hydroxyl groups excluding tert-OH is 3. The maximum atomic E-state index is 10.8. The van der Waals surface area contributed by atoms with Gasteiger partial charge < -0.3 is 35.0 Å². The van der Waals surface area contributed by atoms with Gasteiger partial charge in [-0.05, 0) is 6.42 Å². The number of aliphatic carboxylic acids is 2. The molecule has 110 valence electrons. The Morgan fingerprint density at radius 1 is 1.05 bits per heavy atom. The summed E-state index contributed by atoms with van der Waals surface area (Å²) in [5.74, 6) is -2.52. The average molecular weight is 280 g/mol. The Hall–Kier alpha value is -1.26. The molecule has 0 spiro atoms. The van der Waals surface area contributed by atoms with Crippen molar-refractivity contribution in [3.8, 4) is 0 Å². The smallest absolute Gasteiger partial charge is 0.335 e. The summed E-state index contributed by atoms with van der Waals surface area (Å²) >= 11 is 0. The van der Waals surface area contributed by atoms with E-state index in [0.717, 1.165) is 0 Å². The van der Waals surface area contributed by atoms with E-state index in [1.54, 1.807) is 0 Å². The van der Waals surface area contributed by atoms with Crippen LogP contribution in [-0.4, -0.2) is 74.8 Å². The van der Waals surface area contributed by atoms with E-state index < -0.39 is 42.6 Å². The molecule has 5 atom stereocenters. The molecule has 19 heavy (non-hydrogen) atoms. The van der Waals surface area contributed by atoms with Crippen LogP contribution in [-0.2, 0) is 19.1 Å². The molecular weight excluding hydrogens is 264 g/mol. The molecule has 0 aliphatic carbocycles. The second kappa shape index (κ2) is 6.78. The zero-order valence-corrected chi connectivity index (χ0v) is 9.88. The molecule has 9 heteroatoms. The zero-order chi connectivity index (χ0) is 14.6. The molecule has 0 unspecified atom stereocenters. The number of carbonyl (C=O) groups is 2. The maximum absolute atomic E-state index is 10.8. The lowest BCUT2D eigenvalue weighted by atomic mass is 9.99. The van der Waals surface area contributed by atoms with E-state index >= 15 is 0 Å². The lowest BCUT2D eigenvalue weighted by Gasteiger charge is -2.38. The van der Waals surface area contributed by atoms with Crippen molar-refractivity contribution < 1.29 is 44.6 Å². The molecule has 0 amide bonds. The molecule has 1 fully saturated rings. The highest BCUT2D eigenvalue weighted by Gasteiger charge is 2.47.